The van der Waals surface area contributed by atoms with E-state index in [1.165, 1.54) is 11.4 Å². The summed E-state index contributed by atoms with van der Waals surface area (Å²) in [5.74, 6) is 0.421. The van der Waals surface area contributed by atoms with Crippen LogP contribution in [0.3, 0.4) is 0 Å². The van der Waals surface area contributed by atoms with E-state index < -0.39 is 15.9 Å². The number of piperazine rings is 1. The molecule has 1 saturated heterocycles. The number of methoxy groups -OCH3 is 1. The van der Waals surface area contributed by atoms with Gasteiger partial charge in [0.25, 0.3) is 5.91 Å². The molecule has 1 fully saturated rings. The number of nitrogens with one attached hydrogen (secondary N) is 1. The van der Waals surface area contributed by atoms with Gasteiger partial charge in [0, 0.05) is 43.4 Å². The van der Waals surface area contributed by atoms with Gasteiger partial charge in [-0.2, -0.15) is 4.31 Å². The van der Waals surface area contributed by atoms with Gasteiger partial charge in [-0.25, -0.2) is 8.42 Å². The summed E-state index contributed by atoms with van der Waals surface area (Å²) in [6.07, 6.45) is 0. The Morgan fingerprint density at radius 3 is 2.32 bits per heavy atom. The fraction of sp³-hybridized carbons (Fsp3) is 0.381. The van der Waals surface area contributed by atoms with Gasteiger partial charge in [0.05, 0.1) is 12.9 Å². The molecule has 0 saturated carbocycles. The van der Waals surface area contributed by atoms with Gasteiger partial charge >= 0.3 is 0 Å². The van der Waals surface area contributed by atoms with Gasteiger partial charge in [-0.05, 0) is 36.4 Å². The molecule has 3 rings (SSSR count). The van der Waals surface area contributed by atoms with Gasteiger partial charge < -0.3 is 19.7 Å². The third-order valence-corrected chi connectivity index (χ3v) is 7.06. The van der Waals surface area contributed by atoms with E-state index in [1.54, 1.807) is 24.3 Å². The van der Waals surface area contributed by atoms with Crippen LogP contribution in [0.2, 0.25) is 5.02 Å². The summed E-state index contributed by atoms with van der Waals surface area (Å²) in [5, 5.41) is 3.26. The summed E-state index contributed by atoms with van der Waals surface area (Å²) in [7, 11) is -1.94. The highest BCUT2D eigenvalue weighted by Crippen LogP contribution is 2.25. The van der Waals surface area contributed by atoms with Crippen LogP contribution in [0.1, 0.15) is 0 Å². The monoisotopic (exact) mass is 467 g/mol. The van der Waals surface area contributed by atoms with E-state index in [2.05, 4.69) is 10.2 Å². The molecule has 1 heterocycles. The molecule has 168 valence electrons. The van der Waals surface area contributed by atoms with Crippen molar-refractivity contribution < 1.29 is 22.7 Å². The molecule has 0 aliphatic carbocycles. The van der Waals surface area contributed by atoms with Crippen molar-refractivity contribution in [1.82, 2.24) is 9.62 Å². The maximum atomic E-state index is 12.6. The first-order chi connectivity index (χ1) is 14.9. The van der Waals surface area contributed by atoms with E-state index in [0.717, 1.165) is 5.69 Å². The zero-order valence-electron chi connectivity index (χ0n) is 17.3. The number of benzene rings is 2. The number of rotatable bonds is 9. The summed E-state index contributed by atoms with van der Waals surface area (Å²) in [4.78, 5) is 14.1. The zero-order chi connectivity index (χ0) is 22.3. The molecule has 0 radical (unpaired) electrons. The minimum Gasteiger partial charge on any atom is -0.493 e. The van der Waals surface area contributed by atoms with Gasteiger partial charge in [0.15, 0.2) is 18.1 Å². The lowest BCUT2D eigenvalue weighted by Crippen LogP contribution is -2.50. The van der Waals surface area contributed by atoms with Crippen molar-refractivity contribution in [2.24, 2.45) is 0 Å². The van der Waals surface area contributed by atoms with E-state index >= 15 is 0 Å². The molecule has 0 spiro atoms. The predicted molar refractivity (Wildman–Crippen MR) is 121 cm³/mol. The Kier molecular flexibility index (Phi) is 8.00. The van der Waals surface area contributed by atoms with Crippen molar-refractivity contribution >= 4 is 33.2 Å². The average Bonchev–Trinajstić information content (AvgIpc) is 2.78. The highest BCUT2D eigenvalue weighted by atomic mass is 35.5. The molecule has 2 aromatic rings. The van der Waals surface area contributed by atoms with Crippen LogP contribution in [0, 0.1) is 0 Å². The molecule has 0 unspecified atom stereocenters. The van der Waals surface area contributed by atoms with Crippen LogP contribution < -0.4 is 19.7 Å². The summed E-state index contributed by atoms with van der Waals surface area (Å²) in [6, 6.07) is 14.5. The SMILES string of the molecule is COc1ccccc1OCC(=O)NCCS(=O)(=O)N1CCN(c2ccc(Cl)cc2)CC1. The smallest absolute Gasteiger partial charge is 0.257 e. The van der Waals surface area contributed by atoms with E-state index in [0.29, 0.717) is 42.7 Å². The van der Waals surface area contributed by atoms with E-state index in [1.807, 2.05) is 24.3 Å². The number of para-hydroxylation sites is 2. The molecule has 31 heavy (non-hydrogen) atoms. The predicted octanol–water partition coefficient (Wildman–Crippen LogP) is 2.00. The second-order valence-electron chi connectivity index (χ2n) is 6.97. The van der Waals surface area contributed by atoms with Crippen molar-refractivity contribution in [2.45, 2.75) is 0 Å². The molecule has 2 aromatic carbocycles. The minimum absolute atomic E-state index is 0.0217. The fourth-order valence-electron chi connectivity index (χ4n) is 3.26. The summed E-state index contributed by atoms with van der Waals surface area (Å²) < 4.78 is 37.3. The van der Waals surface area contributed by atoms with E-state index in [-0.39, 0.29) is 18.9 Å². The number of ether oxygens (including phenoxy) is 2. The first-order valence-corrected chi connectivity index (χ1v) is 11.9. The first-order valence-electron chi connectivity index (χ1n) is 9.90. The zero-order valence-corrected chi connectivity index (χ0v) is 18.9. The third kappa shape index (κ3) is 6.49. The average molecular weight is 468 g/mol. The molecule has 0 aromatic heterocycles. The van der Waals surface area contributed by atoms with Gasteiger partial charge in [0.2, 0.25) is 10.0 Å². The molecule has 1 N–H and O–H groups in total. The number of nitrogens with zero attached hydrogens (tertiary/aromatic N) is 2. The summed E-state index contributed by atoms with van der Waals surface area (Å²) in [5.41, 5.74) is 1.02. The van der Waals surface area contributed by atoms with E-state index in [9.17, 15) is 13.2 Å². The lowest BCUT2D eigenvalue weighted by atomic mass is 10.2. The Balaban J connectivity index is 1.41. The number of carbonyl (C=O) groups is 1. The molecule has 10 heteroatoms. The van der Waals surface area contributed by atoms with Crippen LogP contribution in [0.15, 0.2) is 48.5 Å². The first kappa shape index (κ1) is 23.2. The molecule has 0 atom stereocenters. The second kappa shape index (κ2) is 10.7. The molecule has 0 bridgehead atoms. The number of sulfonamides is 1. The fourth-order valence-corrected chi connectivity index (χ4v) is 4.72. The highest BCUT2D eigenvalue weighted by molar-refractivity contribution is 7.89. The van der Waals surface area contributed by atoms with E-state index in [4.69, 9.17) is 21.1 Å². The minimum atomic E-state index is -3.46. The second-order valence-corrected chi connectivity index (χ2v) is 9.49. The lowest BCUT2D eigenvalue weighted by Gasteiger charge is -2.35. The Morgan fingerprint density at radius 2 is 1.68 bits per heavy atom. The van der Waals surface area contributed by atoms with Crippen LogP contribution in [0.5, 0.6) is 11.5 Å². The summed E-state index contributed by atoms with van der Waals surface area (Å²) in [6.45, 7) is 1.79. The molecular weight excluding hydrogens is 442 g/mol. The van der Waals surface area contributed by atoms with Crippen molar-refractivity contribution in [2.75, 3.05) is 57.1 Å². The highest BCUT2D eigenvalue weighted by Gasteiger charge is 2.26. The number of amides is 1. The number of hydrogen-bond acceptors (Lipinski definition) is 6. The van der Waals surface area contributed by atoms with Gasteiger partial charge in [-0.1, -0.05) is 23.7 Å². The van der Waals surface area contributed by atoms with Crippen LogP contribution in [-0.4, -0.2) is 70.8 Å². The Bertz CT molecular complexity index is 977. The molecular formula is C21H26ClN3O5S. The van der Waals surface area contributed by atoms with Gasteiger partial charge in [-0.15, -0.1) is 0 Å². The number of anilines is 1. The van der Waals surface area contributed by atoms with Crippen LogP contribution in [0.4, 0.5) is 5.69 Å². The van der Waals surface area contributed by atoms with Crippen molar-refractivity contribution in [3.05, 3.63) is 53.6 Å². The third-order valence-electron chi connectivity index (χ3n) is 4.93. The van der Waals surface area contributed by atoms with Crippen LogP contribution in [0.25, 0.3) is 0 Å². The maximum Gasteiger partial charge on any atom is 0.257 e. The molecule has 1 amide bonds. The maximum absolute atomic E-state index is 12.6. The van der Waals surface area contributed by atoms with Crippen LogP contribution in [-0.2, 0) is 14.8 Å². The Hall–Kier alpha value is -2.49. The molecule has 8 nitrogen and oxygen atoms in total. The standard InChI is InChI=1S/C21H26ClN3O5S/c1-29-19-4-2-3-5-20(19)30-16-21(26)23-10-15-31(27,28)25-13-11-24(12-14-25)18-8-6-17(22)7-9-18/h2-9H,10-16H2,1H3,(H,23,26). The van der Waals surface area contributed by atoms with Crippen molar-refractivity contribution in [1.29, 1.82) is 0 Å². The Morgan fingerprint density at radius 1 is 1.03 bits per heavy atom. The summed E-state index contributed by atoms with van der Waals surface area (Å²) >= 11 is 5.92. The number of carbonyl (C=O) groups excluding carboxylic acids is 1. The molecule has 1 aliphatic rings. The Labute approximate surface area is 187 Å². The largest absolute Gasteiger partial charge is 0.493 e. The normalized spacial score (nSPS) is 14.8. The van der Waals surface area contributed by atoms with Gasteiger partial charge in [0.1, 0.15) is 0 Å². The topological polar surface area (TPSA) is 88.2 Å². The lowest BCUT2D eigenvalue weighted by molar-refractivity contribution is -0.122. The number of hydrogen-bond donors (Lipinski definition) is 1. The van der Waals surface area contributed by atoms with Crippen molar-refractivity contribution in [3.63, 3.8) is 0 Å². The van der Waals surface area contributed by atoms with Gasteiger partial charge in [-0.3, -0.25) is 4.79 Å². The molecule has 1 aliphatic heterocycles. The van der Waals surface area contributed by atoms with Crippen LogP contribution >= 0.6 is 11.6 Å². The van der Waals surface area contributed by atoms with Crippen molar-refractivity contribution in [3.8, 4) is 11.5 Å². The number of halogens is 1. The quantitative estimate of drug-likeness (QED) is 0.606.